The Bertz CT molecular complexity index is 1560. The van der Waals surface area contributed by atoms with Crippen molar-refractivity contribution in [1.82, 2.24) is 4.98 Å². The quantitative estimate of drug-likeness (QED) is 0.279. The van der Waals surface area contributed by atoms with Gasteiger partial charge in [0.2, 0.25) is 0 Å². The van der Waals surface area contributed by atoms with Gasteiger partial charge in [-0.2, -0.15) is 0 Å². The van der Waals surface area contributed by atoms with E-state index in [0.29, 0.717) is 27.2 Å². The summed E-state index contributed by atoms with van der Waals surface area (Å²) < 4.78 is 29.0. The van der Waals surface area contributed by atoms with Crippen molar-refractivity contribution in [2.24, 2.45) is 16.7 Å². The van der Waals surface area contributed by atoms with E-state index in [2.05, 4.69) is 34.9 Å². The molecule has 9 heteroatoms. The standard InChI is InChI=1S/C30H32ClN3O4S/c1-28-13-19-14-29(2,16-28)18-30(15-19,17-28)20-5-10-25(24(31)12-20)34-39(37,38)22-8-6-21(7-9-22)33-26-23(27(35)36)4-3-11-32-26/h3-12,19,34H,13-18H2,1-2H3,(H,32,33)(H,35,36). The molecule has 2 unspecified atom stereocenters. The van der Waals surface area contributed by atoms with E-state index in [1.807, 2.05) is 6.07 Å². The van der Waals surface area contributed by atoms with Crippen LogP contribution in [0.4, 0.5) is 17.2 Å². The lowest BCUT2D eigenvalue weighted by atomic mass is 9.39. The molecule has 1 heterocycles. The Morgan fingerprint density at radius 3 is 2.31 bits per heavy atom. The molecule has 4 saturated carbocycles. The van der Waals surface area contributed by atoms with Gasteiger partial charge in [0.05, 0.1) is 15.6 Å². The van der Waals surface area contributed by atoms with Crippen LogP contribution in [0.2, 0.25) is 5.02 Å². The molecule has 0 radical (unpaired) electrons. The van der Waals surface area contributed by atoms with Crippen LogP contribution >= 0.6 is 11.6 Å². The molecule has 7 nitrogen and oxygen atoms in total. The molecule has 7 rings (SSSR count). The summed E-state index contributed by atoms with van der Waals surface area (Å²) in [4.78, 5) is 15.6. The maximum absolute atomic E-state index is 13.2. The number of rotatable bonds is 7. The zero-order valence-corrected chi connectivity index (χ0v) is 23.6. The fourth-order valence-corrected chi connectivity index (χ4v) is 9.80. The Balaban J connectivity index is 1.20. The first-order valence-corrected chi connectivity index (χ1v) is 15.1. The van der Waals surface area contributed by atoms with Crippen LogP contribution in [0.25, 0.3) is 0 Å². The molecule has 204 valence electrons. The highest BCUT2D eigenvalue weighted by atomic mass is 35.5. The highest BCUT2D eigenvalue weighted by Gasteiger charge is 2.60. The van der Waals surface area contributed by atoms with Crippen LogP contribution in [-0.4, -0.2) is 24.5 Å². The number of anilines is 3. The van der Waals surface area contributed by atoms with Crippen LogP contribution in [0.5, 0.6) is 0 Å². The lowest BCUT2D eigenvalue weighted by Crippen LogP contribution is -2.56. The Morgan fingerprint density at radius 1 is 1.00 bits per heavy atom. The van der Waals surface area contributed by atoms with E-state index in [1.165, 1.54) is 74.6 Å². The predicted octanol–water partition coefficient (Wildman–Crippen LogP) is 7.23. The topological polar surface area (TPSA) is 108 Å². The molecule has 4 bridgehead atoms. The average molecular weight is 566 g/mol. The summed E-state index contributed by atoms with van der Waals surface area (Å²) in [5, 5.41) is 12.7. The number of halogens is 1. The van der Waals surface area contributed by atoms with Gasteiger partial charge in [-0.1, -0.05) is 31.5 Å². The van der Waals surface area contributed by atoms with Gasteiger partial charge in [0.15, 0.2) is 0 Å². The molecule has 0 aliphatic heterocycles. The number of hydrogen-bond donors (Lipinski definition) is 3. The monoisotopic (exact) mass is 565 g/mol. The van der Waals surface area contributed by atoms with Crippen LogP contribution in [0, 0.1) is 16.7 Å². The van der Waals surface area contributed by atoms with Crippen molar-refractivity contribution in [2.75, 3.05) is 10.0 Å². The average Bonchev–Trinajstić information content (AvgIpc) is 2.83. The Kier molecular flexibility index (Phi) is 6.01. The van der Waals surface area contributed by atoms with E-state index in [-0.39, 0.29) is 21.7 Å². The number of pyridine rings is 1. The molecule has 1 aromatic heterocycles. The minimum atomic E-state index is -3.90. The van der Waals surface area contributed by atoms with Crippen molar-refractivity contribution in [3.63, 3.8) is 0 Å². The maximum Gasteiger partial charge on any atom is 0.339 e. The fourth-order valence-electron chi connectivity index (χ4n) is 8.43. The first kappa shape index (κ1) is 26.1. The number of aromatic carboxylic acids is 1. The van der Waals surface area contributed by atoms with Crippen molar-refractivity contribution in [2.45, 2.75) is 62.7 Å². The number of nitrogens with one attached hydrogen (secondary N) is 2. The van der Waals surface area contributed by atoms with Crippen LogP contribution in [0.3, 0.4) is 0 Å². The Hall–Kier alpha value is -3.10. The molecule has 4 fully saturated rings. The number of nitrogens with zero attached hydrogens (tertiary/aromatic N) is 1. The maximum atomic E-state index is 13.2. The van der Waals surface area contributed by atoms with Gasteiger partial charge >= 0.3 is 5.97 Å². The second kappa shape index (κ2) is 8.96. The van der Waals surface area contributed by atoms with Crippen molar-refractivity contribution < 1.29 is 18.3 Å². The molecular formula is C30H32ClN3O4S. The lowest BCUT2D eigenvalue weighted by molar-refractivity contribution is -0.110. The summed E-state index contributed by atoms with van der Waals surface area (Å²) >= 11 is 6.70. The van der Waals surface area contributed by atoms with E-state index in [1.54, 1.807) is 18.2 Å². The zero-order chi connectivity index (χ0) is 27.6. The molecular weight excluding hydrogens is 534 g/mol. The van der Waals surface area contributed by atoms with E-state index < -0.39 is 16.0 Å². The molecule has 39 heavy (non-hydrogen) atoms. The highest BCUT2D eigenvalue weighted by Crippen LogP contribution is 2.70. The summed E-state index contributed by atoms with van der Waals surface area (Å²) in [5.74, 6) is -0.185. The molecule has 0 amide bonds. The first-order valence-electron chi connectivity index (χ1n) is 13.3. The van der Waals surface area contributed by atoms with Crippen LogP contribution < -0.4 is 10.0 Å². The SMILES string of the molecule is CC12CC3CC(C)(C1)CC(c1ccc(NS(=O)(=O)c4ccc(Nc5ncccc5C(=O)O)cc4)c(Cl)c1)(C3)C2. The van der Waals surface area contributed by atoms with Crippen molar-refractivity contribution in [3.05, 3.63) is 76.9 Å². The molecule has 3 aromatic rings. The minimum absolute atomic E-state index is 0.0192. The third-order valence-electron chi connectivity index (χ3n) is 8.92. The van der Waals surface area contributed by atoms with E-state index in [0.717, 1.165) is 5.92 Å². The summed E-state index contributed by atoms with van der Waals surface area (Å²) in [6.07, 6.45) is 8.92. The van der Waals surface area contributed by atoms with Crippen LogP contribution in [0.1, 0.15) is 68.3 Å². The Labute approximate surface area is 234 Å². The summed E-state index contributed by atoms with van der Waals surface area (Å²) in [7, 11) is -3.90. The summed E-state index contributed by atoms with van der Waals surface area (Å²) in [5.41, 5.74) is 2.95. The molecule has 4 aliphatic carbocycles. The molecule has 2 atom stereocenters. The lowest BCUT2D eigenvalue weighted by Gasteiger charge is -2.65. The minimum Gasteiger partial charge on any atom is -0.478 e. The molecule has 0 spiro atoms. The number of sulfonamides is 1. The fraction of sp³-hybridized carbons (Fsp3) is 0.400. The third-order valence-corrected chi connectivity index (χ3v) is 10.6. The molecule has 2 aromatic carbocycles. The van der Waals surface area contributed by atoms with Gasteiger partial charge < -0.3 is 10.4 Å². The van der Waals surface area contributed by atoms with Crippen molar-refractivity contribution >= 4 is 44.8 Å². The van der Waals surface area contributed by atoms with E-state index in [9.17, 15) is 18.3 Å². The van der Waals surface area contributed by atoms with Gasteiger partial charge in [0, 0.05) is 11.9 Å². The van der Waals surface area contributed by atoms with Gasteiger partial charge in [-0.25, -0.2) is 18.2 Å². The van der Waals surface area contributed by atoms with Gasteiger partial charge in [0.25, 0.3) is 10.0 Å². The van der Waals surface area contributed by atoms with Crippen molar-refractivity contribution in [3.8, 4) is 0 Å². The molecule has 3 N–H and O–H groups in total. The number of carboxylic acid groups (broad SMARTS) is 1. The van der Waals surface area contributed by atoms with E-state index >= 15 is 0 Å². The van der Waals surface area contributed by atoms with Gasteiger partial charge in [-0.15, -0.1) is 0 Å². The second-order valence-corrected chi connectivity index (χ2v) is 14.7. The van der Waals surface area contributed by atoms with Crippen LogP contribution in [-0.2, 0) is 15.4 Å². The molecule has 4 aliphatic rings. The van der Waals surface area contributed by atoms with Gasteiger partial charge in [-0.3, -0.25) is 4.72 Å². The largest absolute Gasteiger partial charge is 0.478 e. The number of carboxylic acids is 1. The number of aromatic nitrogens is 1. The Morgan fingerprint density at radius 2 is 1.69 bits per heavy atom. The smallest absolute Gasteiger partial charge is 0.339 e. The summed E-state index contributed by atoms with van der Waals surface area (Å²) in [6, 6.07) is 14.8. The molecule has 0 saturated heterocycles. The second-order valence-electron chi connectivity index (χ2n) is 12.6. The summed E-state index contributed by atoms with van der Waals surface area (Å²) in [6.45, 7) is 4.88. The van der Waals surface area contributed by atoms with Crippen LogP contribution in [0.15, 0.2) is 65.7 Å². The zero-order valence-electron chi connectivity index (χ0n) is 22.0. The third kappa shape index (κ3) is 4.78. The van der Waals surface area contributed by atoms with Gasteiger partial charge in [0.1, 0.15) is 11.4 Å². The normalized spacial score (nSPS) is 29.3. The van der Waals surface area contributed by atoms with Gasteiger partial charge in [-0.05, 0) is 115 Å². The van der Waals surface area contributed by atoms with Crippen molar-refractivity contribution in [1.29, 1.82) is 0 Å². The predicted molar refractivity (Wildman–Crippen MR) is 152 cm³/mol. The number of carbonyl (C=O) groups is 1. The van der Waals surface area contributed by atoms with E-state index in [4.69, 9.17) is 11.6 Å². The number of hydrogen-bond acceptors (Lipinski definition) is 5. The highest BCUT2D eigenvalue weighted by molar-refractivity contribution is 7.92. The first-order chi connectivity index (χ1) is 18.4. The number of benzene rings is 2.